The van der Waals surface area contributed by atoms with Gasteiger partial charge in [-0.1, -0.05) is 36.4 Å². The Morgan fingerprint density at radius 3 is 2.62 bits per heavy atom. The molecule has 2 N–H and O–H groups in total. The Labute approximate surface area is 172 Å². The topological polar surface area (TPSA) is 69.6 Å². The zero-order valence-electron chi connectivity index (χ0n) is 17.2. The van der Waals surface area contributed by atoms with E-state index in [2.05, 4.69) is 10.2 Å². The lowest BCUT2D eigenvalue weighted by atomic mass is 9.97. The molecule has 0 saturated carbocycles. The highest BCUT2D eigenvalue weighted by atomic mass is 16.3. The second kappa shape index (κ2) is 9.70. The molecule has 3 rings (SSSR count). The van der Waals surface area contributed by atoms with E-state index in [9.17, 15) is 14.7 Å². The van der Waals surface area contributed by atoms with Crippen molar-refractivity contribution < 1.29 is 14.7 Å². The van der Waals surface area contributed by atoms with E-state index < -0.39 is 0 Å². The number of likely N-dealkylation sites (N-methyl/N-ethyl adjacent to an activating group) is 1. The third-order valence-corrected chi connectivity index (χ3v) is 5.71. The fourth-order valence-electron chi connectivity index (χ4n) is 3.97. The van der Waals surface area contributed by atoms with Crippen LogP contribution in [0, 0.1) is 0 Å². The fraction of sp³-hybridized carbons (Fsp3) is 0.417. The number of amides is 1. The average molecular weight is 395 g/mol. The van der Waals surface area contributed by atoms with Gasteiger partial charge in [0.05, 0.1) is 6.04 Å². The zero-order chi connectivity index (χ0) is 20.8. The molecule has 2 aromatic rings. The lowest BCUT2D eigenvalue weighted by Gasteiger charge is -2.25. The molecule has 0 aliphatic heterocycles. The van der Waals surface area contributed by atoms with Crippen molar-refractivity contribution >= 4 is 11.7 Å². The second-order valence-electron chi connectivity index (χ2n) is 8.05. The fourth-order valence-corrected chi connectivity index (χ4v) is 3.97. The molecular weight excluding hydrogens is 364 g/mol. The van der Waals surface area contributed by atoms with Crippen LogP contribution in [0.15, 0.2) is 48.5 Å². The summed E-state index contributed by atoms with van der Waals surface area (Å²) in [7, 11) is 4.05. The van der Waals surface area contributed by atoms with Crippen molar-refractivity contribution in [3.63, 3.8) is 0 Å². The smallest absolute Gasteiger partial charge is 0.220 e. The average Bonchev–Trinajstić information content (AvgIpc) is 2.86. The van der Waals surface area contributed by atoms with Crippen LogP contribution in [0.25, 0.3) is 0 Å². The number of nitrogens with zero attached hydrogens (tertiary/aromatic N) is 1. The summed E-state index contributed by atoms with van der Waals surface area (Å²) in [5.41, 5.74) is 2.82. The van der Waals surface area contributed by atoms with Gasteiger partial charge in [0.25, 0.3) is 0 Å². The molecule has 0 saturated heterocycles. The van der Waals surface area contributed by atoms with Crippen molar-refractivity contribution in [3.8, 4) is 5.75 Å². The number of hydrogen-bond donors (Lipinski definition) is 2. The summed E-state index contributed by atoms with van der Waals surface area (Å²) in [5.74, 6) is 0.451. The number of carbonyl (C=O) groups is 2. The predicted molar refractivity (Wildman–Crippen MR) is 114 cm³/mol. The summed E-state index contributed by atoms with van der Waals surface area (Å²) < 4.78 is 0. The Bertz CT molecular complexity index is 845. The number of Topliss-reactive ketones (excluding diaryl/α,β-unsaturated/α-hetero) is 1. The molecule has 5 heteroatoms. The molecule has 1 aliphatic carbocycles. The van der Waals surface area contributed by atoms with Crippen LogP contribution in [0.4, 0.5) is 0 Å². The van der Waals surface area contributed by atoms with E-state index in [0.29, 0.717) is 12.8 Å². The highest BCUT2D eigenvalue weighted by Gasteiger charge is 2.24. The van der Waals surface area contributed by atoms with Crippen LogP contribution in [0.5, 0.6) is 5.75 Å². The van der Waals surface area contributed by atoms with Crippen LogP contribution in [-0.4, -0.2) is 41.8 Å². The maximum Gasteiger partial charge on any atom is 0.220 e. The minimum absolute atomic E-state index is 0.0247. The molecule has 1 amide bonds. The van der Waals surface area contributed by atoms with Crippen LogP contribution >= 0.6 is 0 Å². The molecule has 5 nitrogen and oxygen atoms in total. The summed E-state index contributed by atoms with van der Waals surface area (Å²) >= 11 is 0. The predicted octanol–water partition coefficient (Wildman–Crippen LogP) is 3.87. The van der Waals surface area contributed by atoms with Crippen LogP contribution in [0.3, 0.4) is 0 Å². The molecule has 0 fully saturated rings. The van der Waals surface area contributed by atoms with Gasteiger partial charge in [-0.2, -0.15) is 0 Å². The van der Waals surface area contributed by atoms with Crippen molar-refractivity contribution in [2.24, 2.45) is 0 Å². The van der Waals surface area contributed by atoms with Crippen LogP contribution in [-0.2, 0) is 11.2 Å². The van der Waals surface area contributed by atoms with Gasteiger partial charge in [-0.25, -0.2) is 0 Å². The Morgan fingerprint density at radius 1 is 1.17 bits per heavy atom. The van der Waals surface area contributed by atoms with Crippen molar-refractivity contribution in [1.82, 2.24) is 10.2 Å². The summed E-state index contributed by atoms with van der Waals surface area (Å²) in [6.07, 6.45) is 4.12. The first-order valence-corrected chi connectivity index (χ1v) is 10.3. The molecule has 2 aromatic carbocycles. The molecular formula is C24H30N2O3. The first-order chi connectivity index (χ1) is 13.9. The van der Waals surface area contributed by atoms with E-state index >= 15 is 0 Å². The largest absolute Gasteiger partial charge is 0.508 e. The Balaban J connectivity index is 1.60. The lowest BCUT2D eigenvalue weighted by Crippen LogP contribution is -2.33. The Kier molecular flexibility index (Phi) is 7.04. The maximum absolute atomic E-state index is 12.7. The molecule has 0 spiro atoms. The Morgan fingerprint density at radius 2 is 1.90 bits per heavy atom. The second-order valence-corrected chi connectivity index (χ2v) is 8.05. The van der Waals surface area contributed by atoms with Gasteiger partial charge in [0, 0.05) is 24.4 Å². The molecule has 1 aliphatic rings. The quantitative estimate of drug-likeness (QED) is 0.700. The number of fused-ring (bicyclic) bond motifs is 1. The van der Waals surface area contributed by atoms with Crippen LogP contribution < -0.4 is 5.32 Å². The van der Waals surface area contributed by atoms with E-state index in [1.807, 2.05) is 50.5 Å². The highest BCUT2D eigenvalue weighted by Crippen LogP contribution is 2.28. The van der Waals surface area contributed by atoms with Gasteiger partial charge < -0.3 is 15.3 Å². The summed E-state index contributed by atoms with van der Waals surface area (Å²) in [6.45, 7) is 0. The normalized spacial score (nSPS) is 17.5. The van der Waals surface area contributed by atoms with Crippen molar-refractivity contribution in [2.45, 2.75) is 50.6 Å². The third-order valence-electron chi connectivity index (χ3n) is 5.71. The van der Waals surface area contributed by atoms with Gasteiger partial charge >= 0.3 is 0 Å². The molecule has 0 aromatic heterocycles. The molecule has 0 bridgehead atoms. The summed E-state index contributed by atoms with van der Waals surface area (Å²) in [4.78, 5) is 27.1. The number of hydrogen-bond acceptors (Lipinski definition) is 4. The van der Waals surface area contributed by atoms with E-state index in [-0.39, 0.29) is 29.5 Å². The molecule has 0 heterocycles. The standard InChI is InChI=1S/C24H30N2O3/c1-26(2)18(16-17-10-13-19(27)14-11-17)12-15-24(29)25-22-8-5-9-23(28)21-7-4-3-6-20(21)22/h3-4,6-7,10-11,13-14,18,22,27H,5,8-9,12,15-16H2,1-2H3,(H,25,29)/t18-,22?/m1/s1. The highest BCUT2D eigenvalue weighted by molar-refractivity contribution is 5.98. The number of phenolic OH excluding ortho intramolecular Hbond substituents is 1. The van der Waals surface area contributed by atoms with Crippen molar-refractivity contribution in [1.29, 1.82) is 0 Å². The number of phenols is 1. The van der Waals surface area contributed by atoms with Gasteiger partial charge in [0.15, 0.2) is 5.78 Å². The molecule has 154 valence electrons. The maximum atomic E-state index is 12.7. The summed E-state index contributed by atoms with van der Waals surface area (Å²) in [5, 5.41) is 12.6. The van der Waals surface area contributed by atoms with Crippen LogP contribution in [0.2, 0.25) is 0 Å². The SMILES string of the molecule is CN(C)[C@H](CCC(=O)NC1CCCC(=O)c2ccccc21)Cc1ccc(O)cc1. The van der Waals surface area contributed by atoms with E-state index in [1.165, 1.54) is 0 Å². The number of ketones is 1. The van der Waals surface area contributed by atoms with Gasteiger partial charge in [0.1, 0.15) is 5.75 Å². The number of nitrogens with one attached hydrogen (secondary N) is 1. The first-order valence-electron chi connectivity index (χ1n) is 10.3. The number of aromatic hydroxyl groups is 1. The minimum atomic E-state index is -0.0972. The molecule has 2 atom stereocenters. The number of carbonyl (C=O) groups excluding carboxylic acids is 2. The first kappa shape index (κ1) is 21.1. The molecule has 1 unspecified atom stereocenters. The van der Waals surface area contributed by atoms with Crippen LogP contribution in [0.1, 0.15) is 59.6 Å². The monoisotopic (exact) mass is 394 g/mol. The number of rotatable bonds is 7. The lowest BCUT2D eigenvalue weighted by molar-refractivity contribution is -0.122. The van der Waals surface area contributed by atoms with Gasteiger partial charge in [-0.3, -0.25) is 9.59 Å². The Hall–Kier alpha value is -2.66. The van der Waals surface area contributed by atoms with Gasteiger partial charge in [-0.15, -0.1) is 0 Å². The van der Waals surface area contributed by atoms with E-state index in [0.717, 1.165) is 42.4 Å². The van der Waals surface area contributed by atoms with Crippen molar-refractivity contribution in [2.75, 3.05) is 14.1 Å². The molecule has 0 radical (unpaired) electrons. The molecule has 29 heavy (non-hydrogen) atoms. The van der Waals surface area contributed by atoms with E-state index in [1.54, 1.807) is 12.1 Å². The van der Waals surface area contributed by atoms with Gasteiger partial charge in [0.2, 0.25) is 5.91 Å². The third kappa shape index (κ3) is 5.67. The number of benzene rings is 2. The zero-order valence-corrected chi connectivity index (χ0v) is 17.2. The van der Waals surface area contributed by atoms with Gasteiger partial charge in [-0.05, 0) is 63.0 Å². The van der Waals surface area contributed by atoms with E-state index in [4.69, 9.17) is 0 Å². The van der Waals surface area contributed by atoms with Crippen molar-refractivity contribution in [3.05, 3.63) is 65.2 Å². The minimum Gasteiger partial charge on any atom is -0.508 e. The summed E-state index contributed by atoms with van der Waals surface area (Å²) in [6, 6.07) is 15.0.